The Morgan fingerprint density at radius 2 is 1.93 bits per heavy atom. The molecule has 2 aliphatic rings. The van der Waals surface area contributed by atoms with Crippen molar-refractivity contribution in [3.05, 3.63) is 53.3 Å². The molecule has 1 aromatic heterocycles. The third-order valence-electron chi connectivity index (χ3n) is 4.96. The monoisotopic (exact) mass is 493 g/mol. The molecule has 148 valence electrons. The van der Waals surface area contributed by atoms with Gasteiger partial charge in [-0.05, 0) is 29.7 Å². The van der Waals surface area contributed by atoms with Gasteiger partial charge < -0.3 is 20.9 Å². The number of nitrogens with two attached hydrogens (primary N) is 1. The van der Waals surface area contributed by atoms with Gasteiger partial charge in [0.15, 0.2) is 5.96 Å². The highest BCUT2D eigenvalue weighted by atomic mass is 127. The molecule has 0 spiro atoms. The number of benzene rings is 1. The summed E-state index contributed by atoms with van der Waals surface area (Å²) in [5, 5.41) is 2.88. The van der Waals surface area contributed by atoms with Crippen LogP contribution in [0, 0.1) is 0 Å². The standard InChI is InChI=1S/C19H23N7O.HI/c20-18(25-8-10-26(11-9-25)19-22-5-1-6-23-19)24-13-14-2-3-15-4-7-21-17(27)16(15)12-14;/h1-3,5-6,12H,4,7-11,13H2,(H2,20,24)(H,21,27);1H. The lowest BCUT2D eigenvalue weighted by Gasteiger charge is -2.35. The molecule has 0 unspecified atom stereocenters. The number of nitrogens with zero attached hydrogens (tertiary/aromatic N) is 5. The first-order valence-corrected chi connectivity index (χ1v) is 9.17. The fraction of sp³-hybridized carbons (Fsp3) is 0.368. The average molecular weight is 493 g/mol. The summed E-state index contributed by atoms with van der Waals surface area (Å²) in [6.45, 7) is 4.34. The number of carbonyl (C=O) groups is 1. The van der Waals surface area contributed by atoms with E-state index < -0.39 is 0 Å². The summed E-state index contributed by atoms with van der Waals surface area (Å²) in [5.41, 5.74) is 9.03. The first-order valence-electron chi connectivity index (χ1n) is 9.17. The molecule has 9 heteroatoms. The summed E-state index contributed by atoms with van der Waals surface area (Å²) in [4.78, 5) is 29.3. The van der Waals surface area contributed by atoms with Crippen molar-refractivity contribution in [3.63, 3.8) is 0 Å². The summed E-state index contributed by atoms with van der Waals surface area (Å²) < 4.78 is 0. The van der Waals surface area contributed by atoms with Crippen molar-refractivity contribution in [1.82, 2.24) is 20.2 Å². The number of aromatic nitrogens is 2. The van der Waals surface area contributed by atoms with E-state index in [4.69, 9.17) is 5.73 Å². The number of piperazine rings is 1. The van der Waals surface area contributed by atoms with E-state index in [-0.39, 0.29) is 29.9 Å². The molecule has 0 atom stereocenters. The van der Waals surface area contributed by atoms with Crippen LogP contribution < -0.4 is 16.0 Å². The van der Waals surface area contributed by atoms with Crippen molar-refractivity contribution in [2.45, 2.75) is 13.0 Å². The molecule has 3 heterocycles. The van der Waals surface area contributed by atoms with E-state index in [0.717, 1.165) is 55.2 Å². The Labute approximate surface area is 181 Å². The van der Waals surface area contributed by atoms with E-state index in [1.54, 1.807) is 12.4 Å². The number of amides is 1. The van der Waals surface area contributed by atoms with Crippen LogP contribution >= 0.6 is 24.0 Å². The molecule has 28 heavy (non-hydrogen) atoms. The smallest absolute Gasteiger partial charge is 0.251 e. The predicted molar refractivity (Wildman–Crippen MR) is 119 cm³/mol. The van der Waals surface area contributed by atoms with Gasteiger partial charge >= 0.3 is 0 Å². The van der Waals surface area contributed by atoms with Gasteiger partial charge in [0.2, 0.25) is 5.95 Å². The minimum Gasteiger partial charge on any atom is -0.370 e. The number of nitrogens with one attached hydrogen (secondary N) is 1. The largest absolute Gasteiger partial charge is 0.370 e. The highest BCUT2D eigenvalue weighted by Crippen LogP contribution is 2.17. The van der Waals surface area contributed by atoms with Crippen LogP contribution in [0.15, 0.2) is 41.7 Å². The fourth-order valence-electron chi connectivity index (χ4n) is 3.42. The summed E-state index contributed by atoms with van der Waals surface area (Å²) in [6.07, 6.45) is 4.38. The summed E-state index contributed by atoms with van der Waals surface area (Å²) in [5.74, 6) is 1.28. The van der Waals surface area contributed by atoms with Crippen molar-refractivity contribution >= 4 is 41.8 Å². The van der Waals surface area contributed by atoms with E-state index in [0.29, 0.717) is 19.0 Å². The van der Waals surface area contributed by atoms with Gasteiger partial charge in [-0.15, -0.1) is 24.0 Å². The van der Waals surface area contributed by atoms with Crippen LogP contribution in [0.4, 0.5) is 5.95 Å². The van der Waals surface area contributed by atoms with Gasteiger partial charge in [0.25, 0.3) is 5.91 Å². The second kappa shape index (κ2) is 9.18. The first-order chi connectivity index (χ1) is 13.2. The molecule has 2 aromatic rings. The van der Waals surface area contributed by atoms with Crippen LogP contribution in [0.1, 0.15) is 21.5 Å². The summed E-state index contributed by atoms with van der Waals surface area (Å²) in [7, 11) is 0. The number of anilines is 1. The summed E-state index contributed by atoms with van der Waals surface area (Å²) in [6, 6.07) is 7.78. The molecule has 8 nitrogen and oxygen atoms in total. The molecule has 2 aliphatic heterocycles. The minimum absolute atomic E-state index is 0. The number of carbonyl (C=O) groups excluding carboxylic acids is 1. The van der Waals surface area contributed by atoms with Gasteiger partial charge in [-0.3, -0.25) is 4.79 Å². The molecule has 1 aromatic carbocycles. The number of halogens is 1. The topological polar surface area (TPSA) is 99.7 Å². The molecular formula is C19H24IN7O. The molecule has 0 aliphatic carbocycles. The number of hydrogen-bond donors (Lipinski definition) is 2. The minimum atomic E-state index is -0.00527. The Kier molecular flexibility index (Phi) is 6.65. The third-order valence-corrected chi connectivity index (χ3v) is 4.96. The zero-order valence-corrected chi connectivity index (χ0v) is 17.9. The Hall–Kier alpha value is -2.43. The van der Waals surface area contributed by atoms with E-state index in [9.17, 15) is 4.79 Å². The Balaban J connectivity index is 0.00000225. The first kappa shape index (κ1) is 20.3. The highest BCUT2D eigenvalue weighted by Gasteiger charge is 2.20. The lowest BCUT2D eigenvalue weighted by atomic mass is 9.98. The second-order valence-electron chi connectivity index (χ2n) is 6.69. The van der Waals surface area contributed by atoms with E-state index in [1.165, 1.54) is 0 Å². The molecule has 0 saturated carbocycles. The zero-order chi connectivity index (χ0) is 18.6. The van der Waals surface area contributed by atoms with E-state index >= 15 is 0 Å². The molecular weight excluding hydrogens is 469 g/mol. The highest BCUT2D eigenvalue weighted by molar-refractivity contribution is 14.0. The van der Waals surface area contributed by atoms with Gasteiger partial charge in [0.05, 0.1) is 6.54 Å². The van der Waals surface area contributed by atoms with Gasteiger partial charge in [-0.25, -0.2) is 15.0 Å². The van der Waals surface area contributed by atoms with Gasteiger partial charge in [0, 0.05) is 50.7 Å². The van der Waals surface area contributed by atoms with Crippen molar-refractivity contribution in [1.29, 1.82) is 0 Å². The SMILES string of the molecule is I.NC(=NCc1ccc2c(c1)C(=O)NCC2)N1CCN(c2ncccn2)CC1. The lowest BCUT2D eigenvalue weighted by molar-refractivity contribution is 0.0946. The van der Waals surface area contributed by atoms with Crippen molar-refractivity contribution in [2.75, 3.05) is 37.6 Å². The fourth-order valence-corrected chi connectivity index (χ4v) is 3.42. The van der Waals surface area contributed by atoms with Crippen LogP contribution in [0.2, 0.25) is 0 Å². The molecule has 0 bridgehead atoms. The number of rotatable bonds is 3. The van der Waals surface area contributed by atoms with Gasteiger partial charge in [-0.1, -0.05) is 12.1 Å². The van der Waals surface area contributed by atoms with Crippen LogP contribution in [0.25, 0.3) is 0 Å². The van der Waals surface area contributed by atoms with Crippen molar-refractivity contribution in [2.24, 2.45) is 10.7 Å². The van der Waals surface area contributed by atoms with Gasteiger partial charge in [0.1, 0.15) is 0 Å². The third kappa shape index (κ3) is 4.51. The van der Waals surface area contributed by atoms with Crippen molar-refractivity contribution in [3.8, 4) is 0 Å². The van der Waals surface area contributed by atoms with Crippen LogP contribution in [-0.2, 0) is 13.0 Å². The number of fused-ring (bicyclic) bond motifs is 1. The zero-order valence-electron chi connectivity index (χ0n) is 15.5. The number of aliphatic imine (C=N–C) groups is 1. The number of guanidine groups is 1. The molecule has 1 amide bonds. The maximum atomic E-state index is 12.0. The summed E-state index contributed by atoms with van der Waals surface area (Å²) >= 11 is 0. The maximum absolute atomic E-state index is 12.0. The van der Waals surface area contributed by atoms with E-state index in [2.05, 4.69) is 30.1 Å². The predicted octanol–water partition coefficient (Wildman–Crippen LogP) is 1.02. The molecule has 1 saturated heterocycles. The average Bonchev–Trinajstić information content (AvgIpc) is 2.73. The Bertz CT molecular complexity index is 851. The lowest BCUT2D eigenvalue weighted by Crippen LogP contribution is -2.51. The molecule has 0 radical (unpaired) electrons. The molecule has 3 N–H and O–H groups in total. The van der Waals surface area contributed by atoms with E-state index in [1.807, 2.05) is 24.3 Å². The Morgan fingerprint density at radius 3 is 2.68 bits per heavy atom. The Morgan fingerprint density at radius 1 is 1.18 bits per heavy atom. The quantitative estimate of drug-likeness (QED) is 0.377. The molecule has 4 rings (SSSR count). The maximum Gasteiger partial charge on any atom is 0.251 e. The number of hydrogen-bond acceptors (Lipinski definition) is 5. The van der Waals surface area contributed by atoms with Crippen LogP contribution in [-0.4, -0.2) is 59.5 Å². The van der Waals surface area contributed by atoms with Crippen LogP contribution in [0.5, 0.6) is 0 Å². The van der Waals surface area contributed by atoms with Crippen molar-refractivity contribution < 1.29 is 4.79 Å². The second-order valence-corrected chi connectivity index (χ2v) is 6.69. The normalized spacial score (nSPS) is 16.9. The molecule has 1 fully saturated rings. The van der Waals surface area contributed by atoms with Gasteiger partial charge in [-0.2, -0.15) is 0 Å². The van der Waals surface area contributed by atoms with Crippen LogP contribution in [0.3, 0.4) is 0 Å².